The van der Waals surface area contributed by atoms with Crippen molar-refractivity contribution in [1.29, 1.82) is 0 Å². The number of carbonyl (C=O) groups is 2. The van der Waals surface area contributed by atoms with Crippen LogP contribution in [-0.4, -0.2) is 34.7 Å². The first kappa shape index (κ1) is 17.8. The number of nitrogens with one attached hydrogen (secondary N) is 1. The minimum atomic E-state index is -0.946. The minimum absolute atomic E-state index is 0.0722. The van der Waals surface area contributed by atoms with Crippen molar-refractivity contribution in [1.82, 2.24) is 4.90 Å². The molecule has 130 valence electrons. The number of nitrogens with zero attached hydrogens (tertiary/aromatic N) is 2. The lowest BCUT2D eigenvalue weighted by atomic mass is 9.95. The molecule has 0 radical (unpaired) electrons. The molecular weight excluding hydrogens is 317 g/mol. The molecule has 7 nitrogen and oxygen atoms in total. The number of halogens is 1. The molecule has 1 heterocycles. The summed E-state index contributed by atoms with van der Waals surface area (Å²) in [4.78, 5) is 35.8. The smallest absolute Gasteiger partial charge is 0.306 e. The summed E-state index contributed by atoms with van der Waals surface area (Å²) in [7, 11) is 0. The van der Waals surface area contributed by atoms with Crippen molar-refractivity contribution in [2.75, 3.05) is 18.4 Å². The molecule has 0 atom stereocenters. The van der Waals surface area contributed by atoms with Gasteiger partial charge in [0.1, 0.15) is 0 Å². The van der Waals surface area contributed by atoms with E-state index < -0.39 is 16.4 Å². The number of nitro groups is 1. The molecule has 8 heteroatoms. The average molecular weight is 337 g/mol. The summed E-state index contributed by atoms with van der Waals surface area (Å²) < 4.78 is 13.3. The van der Waals surface area contributed by atoms with Crippen LogP contribution in [-0.2, 0) is 9.59 Å². The molecule has 1 aromatic rings. The van der Waals surface area contributed by atoms with E-state index in [1.807, 2.05) is 13.8 Å². The van der Waals surface area contributed by atoms with Gasteiger partial charge in [-0.3, -0.25) is 19.7 Å². The van der Waals surface area contributed by atoms with Crippen LogP contribution in [0.4, 0.5) is 15.8 Å². The molecule has 1 fully saturated rings. The lowest BCUT2D eigenvalue weighted by Crippen LogP contribution is -2.43. The fourth-order valence-electron chi connectivity index (χ4n) is 2.70. The number of hydrogen-bond acceptors (Lipinski definition) is 4. The summed E-state index contributed by atoms with van der Waals surface area (Å²) in [6.45, 7) is 4.70. The van der Waals surface area contributed by atoms with Gasteiger partial charge in [-0.1, -0.05) is 13.8 Å². The molecular formula is C16H20FN3O4. The molecule has 2 rings (SSSR count). The van der Waals surface area contributed by atoms with E-state index in [4.69, 9.17) is 0 Å². The molecule has 0 aliphatic carbocycles. The predicted octanol–water partition coefficient (Wildman–Crippen LogP) is 2.57. The third kappa shape index (κ3) is 4.06. The molecule has 1 N–H and O–H groups in total. The highest BCUT2D eigenvalue weighted by Gasteiger charge is 2.28. The maximum absolute atomic E-state index is 13.3. The zero-order chi connectivity index (χ0) is 17.9. The third-order valence-electron chi connectivity index (χ3n) is 4.08. The number of amides is 2. The van der Waals surface area contributed by atoms with Crippen LogP contribution in [0.5, 0.6) is 0 Å². The molecule has 2 amide bonds. The van der Waals surface area contributed by atoms with Crippen LogP contribution in [0.1, 0.15) is 26.7 Å². The number of likely N-dealkylation sites (tertiary alicyclic amines) is 1. The monoisotopic (exact) mass is 337 g/mol. The summed E-state index contributed by atoms with van der Waals surface area (Å²) in [6.07, 6.45) is 1.07. The van der Waals surface area contributed by atoms with E-state index in [2.05, 4.69) is 5.32 Å². The van der Waals surface area contributed by atoms with E-state index in [0.717, 1.165) is 12.1 Å². The molecule has 0 bridgehead atoms. The van der Waals surface area contributed by atoms with Crippen LogP contribution in [0.25, 0.3) is 0 Å². The highest BCUT2D eigenvalue weighted by atomic mass is 19.1. The highest BCUT2D eigenvalue weighted by molar-refractivity contribution is 5.93. The Morgan fingerprint density at radius 3 is 2.50 bits per heavy atom. The summed E-state index contributed by atoms with van der Waals surface area (Å²) in [6, 6.07) is 3.25. The van der Waals surface area contributed by atoms with Crippen LogP contribution in [0.3, 0.4) is 0 Å². The van der Waals surface area contributed by atoms with E-state index in [1.165, 1.54) is 6.07 Å². The maximum atomic E-state index is 13.3. The van der Waals surface area contributed by atoms with Crippen molar-refractivity contribution in [2.24, 2.45) is 11.8 Å². The Morgan fingerprint density at radius 2 is 1.96 bits per heavy atom. The van der Waals surface area contributed by atoms with Crippen molar-refractivity contribution in [3.63, 3.8) is 0 Å². The fourth-order valence-corrected chi connectivity index (χ4v) is 2.70. The Hall–Kier alpha value is -2.51. The highest BCUT2D eigenvalue weighted by Crippen LogP contribution is 2.24. The largest absolute Gasteiger partial charge is 0.342 e. The first-order valence-corrected chi connectivity index (χ1v) is 7.83. The van der Waals surface area contributed by atoms with Gasteiger partial charge in [0.2, 0.25) is 17.6 Å². The van der Waals surface area contributed by atoms with Gasteiger partial charge in [-0.15, -0.1) is 0 Å². The third-order valence-corrected chi connectivity index (χ3v) is 4.08. The SMILES string of the molecule is CC(C)C(=O)N1CCC(C(=O)Nc2ccc(F)c([N+](=O)[O-])c2)CC1. The minimum Gasteiger partial charge on any atom is -0.342 e. The predicted molar refractivity (Wildman–Crippen MR) is 85.8 cm³/mol. The van der Waals surface area contributed by atoms with Gasteiger partial charge in [0.15, 0.2) is 0 Å². The Balaban J connectivity index is 1.96. The normalized spacial score (nSPS) is 15.4. The molecule has 24 heavy (non-hydrogen) atoms. The molecule has 0 aromatic heterocycles. The van der Waals surface area contributed by atoms with Crippen molar-refractivity contribution in [2.45, 2.75) is 26.7 Å². The van der Waals surface area contributed by atoms with Gasteiger partial charge in [-0.2, -0.15) is 4.39 Å². The second-order valence-corrected chi connectivity index (χ2v) is 6.17. The number of hydrogen-bond donors (Lipinski definition) is 1. The van der Waals surface area contributed by atoms with E-state index in [-0.39, 0.29) is 29.3 Å². The zero-order valence-corrected chi connectivity index (χ0v) is 13.6. The lowest BCUT2D eigenvalue weighted by molar-refractivity contribution is -0.387. The molecule has 0 saturated carbocycles. The van der Waals surface area contributed by atoms with Crippen LogP contribution < -0.4 is 5.32 Å². The number of benzene rings is 1. The van der Waals surface area contributed by atoms with Crippen LogP contribution in [0.2, 0.25) is 0 Å². The molecule has 0 spiro atoms. The maximum Gasteiger partial charge on any atom is 0.306 e. The molecule has 1 saturated heterocycles. The van der Waals surface area contributed by atoms with Gasteiger partial charge < -0.3 is 10.2 Å². The van der Waals surface area contributed by atoms with E-state index in [9.17, 15) is 24.1 Å². The van der Waals surface area contributed by atoms with Gasteiger partial charge in [-0.05, 0) is 25.0 Å². The van der Waals surface area contributed by atoms with Gasteiger partial charge >= 0.3 is 5.69 Å². The summed E-state index contributed by atoms with van der Waals surface area (Å²) in [5, 5.41) is 13.3. The summed E-state index contributed by atoms with van der Waals surface area (Å²) in [5.41, 5.74) is -0.487. The standard InChI is InChI=1S/C16H20FN3O4/c1-10(2)16(22)19-7-5-11(6-8-19)15(21)18-12-3-4-13(17)14(9-12)20(23)24/h3-4,9-11H,5-8H2,1-2H3,(H,18,21). The van der Waals surface area contributed by atoms with Gasteiger partial charge in [0.25, 0.3) is 0 Å². The molecule has 1 aliphatic heterocycles. The number of piperidine rings is 1. The Labute approximate surface area is 139 Å². The fraction of sp³-hybridized carbons (Fsp3) is 0.500. The van der Waals surface area contributed by atoms with Crippen molar-refractivity contribution in [3.8, 4) is 0 Å². The molecule has 0 unspecified atom stereocenters. The van der Waals surface area contributed by atoms with E-state index in [1.54, 1.807) is 4.90 Å². The second kappa shape index (κ2) is 7.37. The first-order chi connectivity index (χ1) is 11.3. The average Bonchev–Trinajstić information content (AvgIpc) is 2.55. The van der Waals surface area contributed by atoms with Crippen molar-refractivity contribution >= 4 is 23.2 Å². The van der Waals surface area contributed by atoms with Crippen molar-refractivity contribution < 1.29 is 18.9 Å². The number of carbonyl (C=O) groups excluding carboxylic acids is 2. The van der Waals surface area contributed by atoms with Crippen LogP contribution >= 0.6 is 0 Å². The van der Waals surface area contributed by atoms with Crippen LogP contribution in [0.15, 0.2) is 18.2 Å². The van der Waals surface area contributed by atoms with Gasteiger partial charge in [-0.25, -0.2) is 0 Å². The van der Waals surface area contributed by atoms with Crippen molar-refractivity contribution in [3.05, 3.63) is 34.1 Å². The lowest BCUT2D eigenvalue weighted by Gasteiger charge is -2.32. The van der Waals surface area contributed by atoms with E-state index >= 15 is 0 Å². The first-order valence-electron chi connectivity index (χ1n) is 7.83. The number of rotatable bonds is 4. The quantitative estimate of drug-likeness (QED) is 0.675. The van der Waals surface area contributed by atoms with Gasteiger partial charge in [0.05, 0.1) is 4.92 Å². The molecule has 1 aliphatic rings. The number of nitro benzene ring substituents is 1. The Morgan fingerprint density at radius 1 is 1.33 bits per heavy atom. The second-order valence-electron chi connectivity index (χ2n) is 6.17. The van der Waals surface area contributed by atoms with E-state index in [0.29, 0.717) is 25.9 Å². The summed E-state index contributed by atoms with van der Waals surface area (Å²) in [5.74, 6) is -1.49. The van der Waals surface area contributed by atoms with Crippen LogP contribution in [0, 0.1) is 27.8 Å². The zero-order valence-electron chi connectivity index (χ0n) is 13.6. The Kier molecular flexibility index (Phi) is 5.48. The topological polar surface area (TPSA) is 92.6 Å². The molecule has 1 aromatic carbocycles. The summed E-state index contributed by atoms with van der Waals surface area (Å²) >= 11 is 0. The Bertz CT molecular complexity index is 655. The van der Waals surface area contributed by atoms with Gasteiger partial charge in [0, 0.05) is 36.7 Å². The number of anilines is 1.